The van der Waals surface area contributed by atoms with Crippen molar-refractivity contribution in [1.29, 1.82) is 0 Å². The normalized spacial score (nSPS) is 10.4. The largest absolute Gasteiger partial charge is 0.504 e. The summed E-state index contributed by atoms with van der Waals surface area (Å²) < 4.78 is 18.5. The number of rotatable bonds is 4. The lowest BCUT2D eigenvalue weighted by atomic mass is 10.1. The molecule has 3 nitrogen and oxygen atoms in total. The molecule has 0 radical (unpaired) electrons. The number of benzene rings is 1. The van der Waals surface area contributed by atoms with Crippen LogP contribution in [-0.2, 0) is 6.42 Å². The lowest BCUT2D eigenvalue weighted by Gasteiger charge is -2.11. The average Bonchev–Trinajstić information content (AvgIpc) is 2.23. The summed E-state index contributed by atoms with van der Waals surface area (Å²) in [5.74, 6) is -0.335. The standard InChI is InChI=1S/C10H13BrFNO2/c1-15-8-5-7(12)9(11)6(10(8)14)3-2-4-13/h5,14H,2-4,13H2,1H3. The third-order valence-electron chi connectivity index (χ3n) is 2.10. The Balaban J connectivity index is 3.15. The number of ether oxygens (including phenoxy) is 1. The molecule has 0 saturated carbocycles. The molecule has 0 atom stereocenters. The van der Waals surface area contributed by atoms with Gasteiger partial charge in [0.1, 0.15) is 5.82 Å². The van der Waals surface area contributed by atoms with E-state index in [0.29, 0.717) is 24.9 Å². The van der Waals surface area contributed by atoms with Gasteiger partial charge in [-0.15, -0.1) is 0 Å². The highest BCUT2D eigenvalue weighted by molar-refractivity contribution is 9.10. The Morgan fingerprint density at radius 2 is 2.27 bits per heavy atom. The van der Waals surface area contributed by atoms with Gasteiger partial charge in [-0.2, -0.15) is 0 Å². The topological polar surface area (TPSA) is 55.5 Å². The van der Waals surface area contributed by atoms with Crippen molar-refractivity contribution in [3.05, 3.63) is 21.9 Å². The van der Waals surface area contributed by atoms with Gasteiger partial charge in [0.25, 0.3) is 0 Å². The Hall–Kier alpha value is -0.810. The fraction of sp³-hybridized carbons (Fsp3) is 0.400. The van der Waals surface area contributed by atoms with E-state index in [-0.39, 0.29) is 16.0 Å². The first-order valence-electron chi connectivity index (χ1n) is 4.55. The van der Waals surface area contributed by atoms with Crippen molar-refractivity contribution >= 4 is 15.9 Å². The van der Waals surface area contributed by atoms with Gasteiger partial charge in [-0.25, -0.2) is 4.39 Å². The summed E-state index contributed by atoms with van der Waals surface area (Å²) >= 11 is 3.09. The third-order valence-corrected chi connectivity index (χ3v) is 2.96. The highest BCUT2D eigenvalue weighted by atomic mass is 79.9. The molecule has 15 heavy (non-hydrogen) atoms. The summed E-state index contributed by atoms with van der Waals surface area (Å²) in [4.78, 5) is 0. The summed E-state index contributed by atoms with van der Waals surface area (Å²) in [6.07, 6.45) is 1.19. The predicted octanol–water partition coefficient (Wildman–Crippen LogP) is 2.19. The van der Waals surface area contributed by atoms with E-state index < -0.39 is 5.82 Å². The van der Waals surface area contributed by atoms with Crippen LogP contribution in [0.4, 0.5) is 4.39 Å². The lowest BCUT2D eigenvalue weighted by molar-refractivity contribution is 0.366. The van der Waals surface area contributed by atoms with Crippen molar-refractivity contribution in [1.82, 2.24) is 0 Å². The van der Waals surface area contributed by atoms with Gasteiger partial charge in [0.2, 0.25) is 0 Å². The molecular weight excluding hydrogens is 265 g/mol. The minimum absolute atomic E-state index is 0.0285. The predicted molar refractivity (Wildman–Crippen MR) is 59.7 cm³/mol. The number of aromatic hydroxyl groups is 1. The molecule has 3 N–H and O–H groups in total. The van der Waals surface area contributed by atoms with Crippen LogP contribution in [0.2, 0.25) is 0 Å². The van der Waals surface area contributed by atoms with Crippen molar-refractivity contribution in [2.24, 2.45) is 5.73 Å². The molecular formula is C10H13BrFNO2. The zero-order valence-corrected chi connectivity index (χ0v) is 9.97. The van der Waals surface area contributed by atoms with E-state index in [2.05, 4.69) is 15.9 Å². The van der Waals surface area contributed by atoms with Crippen LogP contribution in [-0.4, -0.2) is 18.8 Å². The van der Waals surface area contributed by atoms with E-state index in [4.69, 9.17) is 10.5 Å². The molecule has 0 bridgehead atoms. The number of phenols is 1. The maximum Gasteiger partial charge on any atom is 0.163 e. The highest BCUT2D eigenvalue weighted by Gasteiger charge is 2.16. The third kappa shape index (κ3) is 2.60. The number of phenolic OH excluding ortho intramolecular Hbond substituents is 1. The summed E-state index contributed by atoms with van der Waals surface area (Å²) in [7, 11) is 1.38. The van der Waals surface area contributed by atoms with Gasteiger partial charge in [-0.1, -0.05) is 0 Å². The van der Waals surface area contributed by atoms with Crippen molar-refractivity contribution in [3.63, 3.8) is 0 Å². The maximum absolute atomic E-state index is 13.4. The second-order valence-electron chi connectivity index (χ2n) is 3.09. The van der Waals surface area contributed by atoms with Gasteiger partial charge in [-0.3, -0.25) is 0 Å². The van der Waals surface area contributed by atoms with Crippen LogP contribution in [0.3, 0.4) is 0 Å². The van der Waals surface area contributed by atoms with E-state index in [9.17, 15) is 9.50 Å². The minimum atomic E-state index is -0.448. The van der Waals surface area contributed by atoms with E-state index >= 15 is 0 Å². The quantitative estimate of drug-likeness (QED) is 0.887. The van der Waals surface area contributed by atoms with Crippen LogP contribution in [0.1, 0.15) is 12.0 Å². The lowest BCUT2D eigenvalue weighted by Crippen LogP contribution is -2.02. The SMILES string of the molecule is COc1cc(F)c(Br)c(CCCN)c1O. The van der Waals surface area contributed by atoms with Gasteiger partial charge in [-0.05, 0) is 35.3 Å². The number of nitrogens with two attached hydrogens (primary N) is 1. The van der Waals surface area contributed by atoms with Crippen LogP contribution >= 0.6 is 15.9 Å². The number of methoxy groups -OCH3 is 1. The zero-order valence-electron chi connectivity index (χ0n) is 8.39. The molecule has 0 aliphatic carbocycles. The molecule has 0 unspecified atom stereocenters. The molecule has 0 heterocycles. The molecule has 1 aromatic rings. The van der Waals surface area contributed by atoms with Crippen molar-refractivity contribution in [3.8, 4) is 11.5 Å². The molecule has 0 fully saturated rings. The summed E-state index contributed by atoms with van der Waals surface area (Å²) in [6.45, 7) is 0.491. The Morgan fingerprint density at radius 1 is 1.60 bits per heavy atom. The maximum atomic E-state index is 13.4. The number of hydrogen-bond donors (Lipinski definition) is 2. The first-order valence-corrected chi connectivity index (χ1v) is 5.35. The van der Waals surface area contributed by atoms with Crippen molar-refractivity contribution in [2.45, 2.75) is 12.8 Å². The van der Waals surface area contributed by atoms with E-state index in [0.717, 1.165) is 6.07 Å². The second-order valence-corrected chi connectivity index (χ2v) is 3.89. The first-order chi connectivity index (χ1) is 7.11. The Bertz CT molecular complexity index is 358. The molecule has 0 spiro atoms. The Kier molecular flexibility index (Phi) is 4.35. The van der Waals surface area contributed by atoms with Gasteiger partial charge in [0.15, 0.2) is 11.5 Å². The smallest absolute Gasteiger partial charge is 0.163 e. The zero-order chi connectivity index (χ0) is 11.4. The molecule has 0 aromatic heterocycles. The number of halogens is 2. The monoisotopic (exact) mass is 277 g/mol. The van der Waals surface area contributed by atoms with Crippen molar-refractivity contribution < 1.29 is 14.2 Å². The molecule has 84 valence electrons. The van der Waals surface area contributed by atoms with Crippen LogP contribution in [0, 0.1) is 5.82 Å². The van der Waals surface area contributed by atoms with Crippen LogP contribution in [0.25, 0.3) is 0 Å². The van der Waals surface area contributed by atoms with Gasteiger partial charge in [0, 0.05) is 11.6 Å². The van der Waals surface area contributed by atoms with Gasteiger partial charge >= 0.3 is 0 Å². The minimum Gasteiger partial charge on any atom is -0.504 e. The molecule has 0 saturated heterocycles. The van der Waals surface area contributed by atoms with E-state index in [1.807, 2.05) is 0 Å². The first kappa shape index (κ1) is 12.3. The molecule has 0 amide bonds. The fourth-order valence-electron chi connectivity index (χ4n) is 1.31. The highest BCUT2D eigenvalue weighted by Crippen LogP contribution is 2.37. The summed E-state index contributed by atoms with van der Waals surface area (Å²) in [5, 5.41) is 9.76. The van der Waals surface area contributed by atoms with Crippen molar-refractivity contribution in [2.75, 3.05) is 13.7 Å². The summed E-state index contributed by atoms with van der Waals surface area (Å²) in [5.41, 5.74) is 5.86. The molecule has 1 aromatic carbocycles. The van der Waals surface area contributed by atoms with Crippen LogP contribution < -0.4 is 10.5 Å². The average molecular weight is 278 g/mol. The Morgan fingerprint density at radius 3 is 2.80 bits per heavy atom. The van der Waals surface area contributed by atoms with E-state index in [1.54, 1.807) is 0 Å². The molecule has 0 aliphatic heterocycles. The van der Waals surface area contributed by atoms with Gasteiger partial charge < -0.3 is 15.6 Å². The molecule has 5 heteroatoms. The van der Waals surface area contributed by atoms with E-state index in [1.165, 1.54) is 7.11 Å². The molecule has 1 rings (SSSR count). The number of hydrogen-bond acceptors (Lipinski definition) is 3. The van der Waals surface area contributed by atoms with Crippen LogP contribution in [0.15, 0.2) is 10.5 Å². The second kappa shape index (κ2) is 5.32. The molecule has 0 aliphatic rings. The fourth-order valence-corrected chi connectivity index (χ4v) is 1.81. The Labute approximate surface area is 96.2 Å². The van der Waals surface area contributed by atoms with Crippen LogP contribution in [0.5, 0.6) is 11.5 Å². The van der Waals surface area contributed by atoms with Gasteiger partial charge in [0.05, 0.1) is 11.6 Å². The summed E-state index contributed by atoms with van der Waals surface area (Å²) in [6, 6.07) is 1.14.